The maximum Gasteiger partial charge on any atom is 0.129 e. The summed E-state index contributed by atoms with van der Waals surface area (Å²) in [6.45, 7) is 4.46. The van der Waals surface area contributed by atoms with E-state index in [1.54, 1.807) is 0 Å². The maximum absolute atomic E-state index is 4.95. The fraction of sp³-hybridized carbons (Fsp3) is 0.364. The smallest absolute Gasteiger partial charge is 0.129 e. The summed E-state index contributed by atoms with van der Waals surface area (Å²) in [5.74, 6) is 2.24. The molecular formula is C22H26N4. The molecule has 0 radical (unpaired) electrons. The molecular weight excluding hydrogens is 320 g/mol. The molecule has 0 unspecified atom stereocenters. The molecule has 4 aromatic rings. The minimum atomic E-state index is 0.977. The highest BCUT2D eigenvalue weighted by atomic mass is 15.5. The highest BCUT2D eigenvalue weighted by molar-refractivity contribution is 5.79. The average molecular weight is 346 g/mol. The fourth-order valence-electron chi connectivity index (χ4n) is 3.57. The zero-order valence-electron chi connectivity index (χ0n) is 15.7. The molecule has 0 aliphatic heterocycles. The molecule has 0 fully saturated rings. The van der Waals surface area contributed by atoms with Gasteiger partial charge in [-0.1, -0.05) is 51.0 Å². The molecule has 2 aromatic carbocycles. The van der Waals surface area contributed by atoms with Crippen molar-refractivity contribution in [3.05, 3.63) is 60.2 Å². The molecule has 0 spiro atoms. The SMILES string of the molecule is CCCCc1nc2ccccc2n1-n1c(CCCC)nc2ccccc21. The molecule has 0 bridgehead atoms. The van der Waals surface area contributed by atoms with Crippen LogP contribution < -0.4 is 0 Å². The van der Waals surface area contributed by atoms with Gasteiger partial charge in [-0.3, -0.25) is 0 Å². The van der Waals surface area contributed by atoms with E-state index in [2.05, 4.69) is 71.7 Å². The number of fused-ring (bicyclic) bond motifs is 2. The first-order valence-corrected chi connectivity index (χ1v) is 9.76. The molecule has 2 heterocycles. The molecule has 0 saturated carbocycles. The number of rotatable bonds is 7. The van der Waals surface area contributed by atoms with E-state index in [1.807, 2.05) is 0 Å². The van der Waals surface area contributed by atoms with Crippen LogP contribution in [0.3, 0.4) is 0 Å². The standard InChI is InChI=1S/C22H26N4/c1-3-5-15-21-23-17-11-7-9-13-19(17)25(21)26-20-14-10-8-12-18(20)24-22(26)16-6-4-2/h7-14H,3-6,15-16H2,1-2H3. The van der Waals surface area contributed by atoms with E-state index in [9.17, 15) is 0 Å². The van der Waals surface area contributed by atoms with Gasteiger partial charge in [-0.05, 0) is 37.1 Å². The van der Waals surface area contributed by atoms with Crippen LogP contribution in [0.4, 0.5) is 0 Å². The van der Waals surface area contributed by atoms with E-state index in [-0.39, 0.29) is 0 Å². The van der Waals surface area contributed by atoms with Crippen LogP contribution in [0.25, 0.3) is 22.1 Å². The fourth-order valence-corrected chi connectivity index (χ4v) is 3.57. The van der Waals surface area contributed by atoms with Gasteiger partial charge >= 0.3 is 0 Å². The number of aromatic nitrogens is 4. The minimum Gasteiger partial charge on any atom is -0.231 e. The van der Waals surface area contributed by atoms with Crippen molar-refractivity contribution in [2.75, 3.05) is 0 Å². The van der Waals surface area contributed by atoms with Crippen LogP contribution in [-0.2, 0) is 12.8 Å². The Labute approximate surface area is 154 Å². The van der Waals surface area contributed by atoms with Crippen LogP contribution >= 0.6 is 0 Å². The number of benzene rings is 2. The molecule has 26 heavy (non-hydrogen) atoms. The van der Waals surface area contributed by atoms with Crippen molar-refractivity contribution in [3.63, 3.8) is 0 Å². The third-order valence-electron chi connectivity index (χ3n) is 4.92. The summed E-state index contributed by atoms with van der Waals surface area (Å²) in [5, 5.41) is 0. The highest BCUT2D eigenvalue weighted by Crippen LogP contribution is 2.24. The molecule has 0 saturated heterocycles. The quantitative estimate of drug-likeness (QED) is 0.450. The van der Waals surface area contributed by atoms with Crippen LogP contribution in [0.15, 0.2) is 48.5 Å². The van der Waals surface area contributed by atoms with Crippen LogP contribution in [0, 0.1) is 0 Å². The second-order valence-electron chi connectivity index (χ2n) is 6.86. The van der Waals surface area contributed by atoms with Crippen molar-refractivity contribution in [2.24, 2.45) is 0 Å². The normalized spacial score (nSPS) is 11.6. The Hall–Kier alpha value is -2.62. The topological polar surface area (TPSA) is 35.6 Å². The predicted octanol–water partition coefficient (Wildman–Crippen LogP) is 5.38. The van der Waals surface area contributed by atoms with Crippen molar-refractivity contribution in [3.8, 4) is 0 Å². The Kier molecular flexibility index (Phi) is 4.74. The first-order valence-electron chi connectivity index (χ1n) is 9.76. The summed E-state index contributed by atoms with van der Waals surface area (Å²) >= 11 is 0. The molecule has 4 nitrogen and oxygen atoms in total. The lowest BCUT2D eigenvalue weighted by molar-refractivity contribution is 0.588. The number of imidazole rings is 2. The van der Waals surface area contributed by atoms with Gasteiger partial charge < -0.3 is 0 Å². The molecule has 0 N–H and O–H groups in total. The summed E-state index contributed by atoms with van der Waals surface area (Å²) in [6.07, 6.45) is 6.56. The maximum atomic E-state index is 4.95. The molecule has 2 aromatic heterocycles. The number of aryl methyl sites for hydroxylation is 2. The van der Waals surface area contributed by atoms with Gasteiger partial charge in [-0.25, -0.2) is 19.3 Å². The van der Waals surface area contributed by atoms with Gasteiger partial charge in [-0.2, -0.15) is 0 Å². The molecule has 4 heteroatoms. The molecule has 0 aliphatic carbocycles. The van der Waals surface area contributed by atoms with Crippen molar-refractivity contribution in [2.45, 2.75) is 52.4 Å². The summed E-state index contributed by atoms with van der Waals surface area (Å²) in [6, 6.07) is 16.8. The van der Waals surface area contributed by atoms with Crippen LogP contribution in [0.5, 0.6) is 0 Å². The second kappa shape index (κ2) is 7.32. The van der Waals surface area contributed by atoms with Crippen LogP contribution in [-0.4, -0.2) is 19.3 Å². The summed E-state index contributed by atoms with van der Waals surface area (Å²) in [4.78, 5) is 9.90. The predicted molar refractivity (Wildman–Crippen MR) is 107 cm³/mol. The zero-order chi connectivity index (χ0) is 17.9. The number of para-hydroxylation sites is 4. The lowest BCUT2D eigenvalue weighted by atomic mass is 10.2. The Morgan fingerprint density at radius 3 is 1.50 bits per heavy atom. The van der Waals surface area contributed by atoms with E-state index in [1.165, 1.54) is 0 Å². The van der Waals surface area contributed by atoms with E-state index < -0.39 is 0 Å². The first-order chi connectivity index (χ1) is 12.8. The van der Waals surface area contributed by atoms with Crippen molar-refractivity contribution in [1.82, 2.24) is 19.3 Å². The number of nitrogens with zero attached hydrogens (tertiary/aromatic N) is 4. The third-order valence-corrected chi connectivity index (χ3v) is 4.92. The van der Waals surface area contributed by atoms with Gasteiger partial charge in [0.2, 0.25) is 0 Å². The van der Waals surface area contributed by atoms with E-state index in [0.29, 0.717) is 0 Å². The van der Waals surface area contributed by atoms with Gasteiger partial charge in [0.05, 0.1) is 22.1 Å². The Morgan fingerprint density at radius 2 is 1.08 bits per heavy atom. The van der Waals surface area contributed by atoms with E-state index in [4.69, 9.17) is 9.97 Å². The third kappa shape index (κ3) is 2.90. The number of hydrogen-bond donors (Lipinski definition) is 0. The molecule has 134 valence electrons. The second-order valence-corrected chi connectivity index (χ2v) is 6.86. The van der Waals surface area contributed by atoms with Gasteiger partial charge in [-0.15, -0.1) is 0 Å². The van der Waals surface area contributed by atoms with Gasteiger partial charge in [0.15, 0.2) is 0 Å². The average Bonchev–Trinajstić information content (AvgIpc) is 3.21. The monoisotopic (exact) mass is 346 g/mol. The Morgan fingerprint density at radius 1 is 0.654 bits per heavy atom. The summed E-state index contributed by atoms with van der Waals surface area (Å²) in [5.41, 5.74) is 4.41. The Bertz CT molecular complexity index is 941. The molecule has 0 amide bonds. The van der Waals surface area contributed by atoms with Crippen LogP contribution in [0.1, 0.15) is 51.2 Å². The number of hydrogen-bond acceptors (Lipinski definition) is 2. The van der Waals surface area contributed by atoms with Gasteiger partial charge in [0.1, 0.15) is 11.6 Å². The van der Waals surface area contributed by atoms with Crippen molar-refractivity contribution >= 4 is 22.1 Å². The first kappa shape index (κ1) is 16.8. The lowest BCUT2D eigenvalue weighted by Crippen LogP contribution is -2.16. The Balaban J connectivity index is 1.99. The lowest BCUT2D eigenvalue weighted by Gasteiger charge is -2.14. The van der Waals surface area contributed by atoms with Crippen molar-refractivity contribution in [1.29, 1.82) is 0 Å². The highest BCUT2D eigenvalue weighted by Gasteiger charge is 2.18. The summed E-state index contributed by atoms with van der Waals surface area (Å²) in [7, 11) is 0. The number of unbranched alkanes of at least 4 members (excludes halogenated alkanes) is 2. The zero-order valence-corrected chi connectivity index (χ0v) is 15.7. The largest absolute Gasteiger partial charge is 0.231 e. The molecule has 0 atom stereocenters. The van der Waals surface area contributed by atoms with E-state index >= 15 is 0 Å². The molecule has 4 rings (SSSR count). The van der Waals surface area contributed by atoms with Gasteiger partial charge in [0.25, 0.3) is 0 Å². The summed E-state index contributed by atoms with van der Waals surface area (Å²) < 4.78 is 4.59. The molecule has 0 aliphatic rings. The van der Waals surface area contributed by atoms with E-state index in [0.717, 1.165) is 72.2 Å². The van der Waals surface area contributed by atoms with Crippen LogP contribution in [0.2, 0.25) is 0 Å². The minimum absolute atomic E-state index is 0.977. The van der Waals surface area contributed by atoms with Crippen molar-refractivity contribution < 1.29 is 0 Å². The van der Waals surface area contributed by atoms with Gasteiger partial charge in [0, 0.05) is 12.8 Å².